The van der Waals surface area contributed by atoms with E-state index in [4.69, 9.17) is 25.2 Å². The van der Waals surface area contributed by atoms with Crippen LogP contribution in [-0.2, 0) is 13.1 Å². The zero-order chi connectivity index (χ0) is 24.4. The molecule has 0 atom stereocenters. The number of para-hydroxylation sites is 2. The Kier molecular flexibility index (Phi) is 5.93. The zero-order valence-corrected chi connectivity index (χ0v) is 19.5. The molecule has 0 radical (unpaired) electrons. The Morgan fingerprint density at radius 1 is 0.857 bits per heavy atom. The number of ether oxygens (including phenoxy) is 2. The summed E-state index contributed by atoms with van der Waals surface area (Å²) >= 11 is 0. The molecule has 8 heteroatoms. The third-order valence-corrected chi connectivity index (χ3v) is 5.93. The van der Waals surface area contributed by atoms with E-state index in [1.807, 2.05) is 77.4 Å². The summed E-state index contributed by atoms with van der Waals surface area (Å²) in [5.74, 6) is 1.54. The Bertz CT molecular complexity index is 1510. The van der Waals surface area contributed by atoms with Crippen LogP contribution in [0.15, 0.2) is 72.8 Å². The number of nitrogens with two attached hydrogens (primary N) is 1. The highest BCUT2D eigenvalue weighted by Gasteiger charge is 2.24. The van der Waals surface area contributed by atoms with Gasteiger partial charge in [-0.05, 0) is 47.5 Å². The number of anilines is 1. The third-order valence-electron chi connectivity index (χ3n) is 5.93. The zero-order valence-electron chi connectivity index (χ0n) is 19.5. The van der Waals surface area contributed by atoms with Gasteiger partial charge in [0.1, 0.15) is 28.4 Å². The summed E-state index contributed by atoms with van der Waals surface area (Å²) in [6, 6.07) is 22.8. The van der Waals surface area contributed by atoms with Gasteiger partial charge in [0, 0.05) is 6.54 Å². The van der Waals surface area contributed by atoms with Gasteiger partial charge in [0.05, 0.1) is 31.8 Å². The average Bonchev–Trinajstić information content (AvgIpc) is 3.16. The first-order valence-corrected chi connectivity index (χ1v) is 11.2. The summed E-state index contributed by atoms with van der Waals surface area (Å²) in [6.45, 7) is 0.777. The van der Waals surface area contributed by atoms with Gasteiger partial charge in [-0.2, -0.15) is 0 Å². The minimum atomic E-state index is -0.304. The van der Waals surface area contributed by atoms with Gasteiger partial charge in [-0.3, -0.25) is 4.79 Å². The summed E-state index contributed by atoms with van der Waals surface area (Å²) in [4.78, 5) is 22.9. The highest BCUT2D eigenvalue weighted by Crippen LogP contribution is 2.29. The van der Waals surface area contributed by atoms with Crippen LogP contribution < -0.4 is 20.5 Å². The van der Waals surface area contributed by atoms with Crippen molar-refractivity contribution in [2.45, 2.75) is 13.1 Å². The molecule has 176 valence electrons. The number of hydrogen-bond acceptors (Lipinski definition) is 6. The molecule has 35 heavy (non-hydrogen) atoms. The lowest BCUT2D eigenvalue weighted by atomic mass is 10.2. The minimum Gasteiger partial charge on any atom is -0.497 e. The van der Waals surface area contributed by atoms with Crippen LogP contribution in [0, 0.1) is 0 Å². The van der Waals surface area contributed by atoms with Crippen LogP contribution in [-0.4, -0.2) is 34.7 Å². The van der Waals surface area contributed by atoms with Crippen molar-refractivity contribution in [3.63, 3.8) is 0 Å². The summed E-state index contributed by atoms with van der Waals surface area (Å²) in [7, 11) is 3.25. The fourth-order valence-corrected chi connectivity index (χ4v) is 4.03. The predicted octanol–water partition coefficient (Wildman–Crippen LogP) is 4.16. The van der Waals surface area contributed by atoms with Gasteiger partial charge in [0.25, 0.3) is 5.91 Å². The summed E-state index contributed by atoms with van der Waals surface area (Å²) in [5, 5.41) is 2.97. The largest absolute Gasteiger partial charge is 0.497 e. The van der Waals surface area contributed by atoms with Gasteiger partial charge in [0.15, 0.2) is 5.65 Å². The van der Waals surface area contributed by atoms with E-state index < -0.39 is 0 Å². The van der Waals surface area contributed by atoms with E-state index >= 15 is 0 Å². The molecular weight excluding hydrogens is 442 g/mol. The van der Waals surface area contributed by atoms with Gasteiger partial charge < -0.3 is 25.1 Å². The van der Waals surface area contributed by atoms with Crippen molar-refractivity contribution in [1.29, 1.82) is 0 Å². The molecule has 0 aliphatic heterocycles. The Balaban J connectivity index is 1.54. The number of benzene rings is 3. The molecule has 5 aromatic rings. The molecule has 1 amide bonds. The average molecular weight is 468 g/mol. The van der Waals surface area contributed by atoms with E-state index in [0.29, 0.717) is 41.2 Å². The topological polar surface area (TPSA) is 104 Å². The number of hydrogen-bond donors (Lipinski definition) is 2. The lowest BCUT2D eigenvalue weighted by Crippen LogP contribution is -2.24. The van der Waals surface area contributed by atoms with Crippen molar-refractivity contribution >= 4 is 33.9 Å². The highest BCUT2D eigenvalue weighted by atomic mass is 16.5. The van der Waals surface area contributed by atoms with Crippen molar-refractivity contribution in [3.8, 4) is 11.5 Å². The van der Waals surface area contributed by atoms with Gasteiger partial charge in [-0.15, -0.1) is 0 Å². The summed E-state index contributed by atoms with van der Waals surface area (Å²) in [5.41, 5.74) is 11.3. The molecule has 0 unspecified atom stereocenters. The number of aromatic nitrogens is 3. The maximum atomic E-state index is 13.3. The smallest absolute Gasteiger partial charge is 0.257 e. The third kappa shape index (κ3) is 4.33. The summed E-state index contributed by atoms with van der Waals surface area (Å²) in [6.07, 6.45) is 0. The fraction of sp³-hybridized carbons (Fsp3) is 0.148. The van der Waals surface area contributed by atoms with Gasteiger partial charge in [-0.1, -0.05) is 36.4 Å². The molecule has 2 aromatic heterocycles. The van der Waals surface area contributed by atoms with Crippen molar-refractivity contribution in [2.24, 2.45) is 0 Å². The second kappa shape index (κ2) is 9.34. The molecule has 5 rings (SSSR count). The first-order valence-electron chi connectivity index (χ1n) is 11.2. The van der Waals surface area contributed by atoms with Crippen LogP contribution in [0.25, 0.3) is 22.2 Å². The van der Waals surface area contributed by atoms with Crippen LogP contribution in [0.2, 0.25) is 0 Å². The maximum Gasteiger partial charge on any atom is 0.257 e. The minimum absolute atomic E-state index is 0.304. The Labute approximate surface area is 202 Å². The van der Waals surface area contributed by atoms with E-state index in [2.05, 4.69) is 5.32 Å². The number of carbonyl (C=O) groups excluding carboxylic acids is 1. The van der Waals surface area contributed by atoms with Crippen molar-refractivity contribution < 1.29 is 14.3 Å². The van der Waals surface area contributed by atoms with Gasteiger partial charge >= 0.3 is 0 Å². The van der Waals surface area contributed by atoms with E-state index in [9.17, 15) is 4.79 Å². The predicted molar refractivity (Wildman–Crippen MR) is 136 cm³/mol. The molecule has 0 fully saturated rings. The Morgan fingerprint density at radius 2 is 1.43 bits per heavy atom. The standard InChI is InChI=1S/C27H25N5O3/c1-34-19-11-7-17(8-12-19)15-29-27(33)23-24-26(31-22-6-4-3-5-21(22)30-24)32(25(23)28)16-18-9-13-20(35-2)14-10-18/h3-14H,15-16,28H2,1-2H3,(H,29,33). The second-order valence-electron chi connectivity index (χ2n) is 8.11. The first-order chi connectivity index (χ1) is 17.1. The van der Waals surface area contributed by atoms with E-state index in [1.165, 1.54) is 0 Å². The van der Waals surface area contributed by atoms with Gasteiger partial charge in [0.2, 0.25) is 0 Å². The fourth-order valence-electron chi connectivity index (χ4n) is 4.03. The normalized spacial score (nSPS) is 11.0. The molecule has 0 aliphatic carbocycles. The van der Waals surface area contributed by atoms with Crippen LogP contribution in [0.3, 0.4) is 0 Å². The molecule has 0 aliphatic rings. The molecular formula is C27H25N5O3. The lowest BCUT2D eigenvalue weighted by Gasteiger charge is -2.09. The van der Waals surface area contributed by atoms with Crippen LogP contribution in [0.4, 0.5) is 5.82 Å². The second-order valence-corrected chi connectivity index (χ2v) is 8.11. The number of amides is 1. The molecule has 3 aromatic carbocycles. The van der Waals surface area contributed by atoms with Crippen molar-refractivity contribution in [2.75, 3.05) is 20.0 Å². The number of nitrogen functional groups attached to an aromatic ring is 1. The Morgan fingerprint density at radius 3 is 2.03 bits per heavy atom. The quantitative estimate of drug-likeness (QED) is 0.372. The van der Waals surface area contributed by atoms with Crippen molar-refractivity contribution in [3.05, 3.63) is 89.5 Å². The molecule has 0 bridgehead atoms. The number of nitrogens with one attached hydrogen (secondary N) is 1. The lowest BCUT2D eigenvalue weighted by molar-refractivity contribution is 0.0953. The number of methoxy groups -OCH3 is 2. The van der Waals surface area contributed by atoms with E-state index in [0.717, 1.165) is 28.1 Å². The van der Waals surface area contributed by atoms with Crippen LogP contribution in [0.5, 0.6) is 11.5 Å². The number of rotatable bonds is 7. The maximum absolute atomic E-state index is 13.3. The molecule has 8 nitrogen and oxygen atoms in total. The van der Waals surface area contributed by atoms with Crippen LogP contribution in [0.1, 0.15) is 21.5 Å². The highest BCUT2D eigenvalue weighted by molar-refractivity contribution is 6.10. The number of fused-ring (bicyclic) bond motifs is 2. The SMILES string of the molecule is COc1ccc(CNC(=O)c2c(N)n(Cc3ccc(OC)cc3)c3nc4ccccc4nc23)cc1. The molecule has 3 N–H and O–H groups in total. The van der Waals surface area contributed by atoms with Crippen molar-refractivity contribution in [1.82, 2.24) is 19.9 Å². The van der Waals surface area contributed by atoms with Crippen LogP contribution >= 0.6 is 0 Å². The summed E-state index contributed by atoms with van der Waals surface area (Å²) < 4.78 is 12.3. The molecule has 0 saturated heterocycles. The Hall–Kier alpha value is -4.59. The van der Waals surface area contributed by atoms with Gasteiger partial charge in [-0.25, -0.2) is 9.97 Å². The number of nitrogens with zero attached hydrogens (tertiary/aromatic N) is 3. The molecule has 2 heterocycles. The van der Waals surface area contributed by atoms with E-state index in [-0.39, 0.29) is 5.91 Å². The molecule has 0 saturated carbocycles. The molecule has 0 spiro atoms. The first kappa shape index (κ1) is 22.2. The van der Waals surface area contributed by atoms with E-state index in [1.54, 1.807) is 14.2 Å². The number of carbonyl (C=O) groups is 1. The monoisotopic (exact) mass is 467 g/mol.